The molecule has 1 N–H and O–H groups in total. The number of carbonyl (C=O) groups is 1. The molecule has 6 nitrogen and oxygen atoms in total. The molecule has 0 atom stereocenters. The van der Waals surface area contributed by atoms with Crippen molar-refractivity contribution in [3.05, 3.63) is 133 Å². The van der Waals surface area contributed by atoms with Gasteiger partial charge in [0.15, 0.2) is 0 Å². The minimum absolute atomic E-state index is 0.0191. The van der Waals surface area contributed by atoms with Crippen LogP contribution in [0.3, 0.4) is 0 Å². The number of nitrogens with zero attached hydrogens (tertiary/aromatic N) is 2. The summed E-state index contributed by atoms with van der Waals surface area (Å²) < 4.78 is 16.9. The Morgan fingerprint density at radius 3 is 2.39 bits per heavy atom. The number of para-hydroxylation sites is 1. The van der Waals surface area contributed by atoms with E-state index in [1.54, 1.807) is 78.1 Å². The molecule has 180 valence electrons. The van der Waals surface area contributed by atoms with Crippen LogP contribution in [0.25, 0.3) is 16.6 Å². The van der Waals surface area contributed by atoms with Gasteiger partial charge in [0.1, 0.15) is 5.82 Å². The van der Waals surface area contributed by atoms with Crippen LogP contribution >= 0.6 is 11.3 Å². The van der Waals surface area contributed by atoms with Gasteiger partial charge in [0.25, 0.3) is 5.56 Å². The Labute approximate surface area is 209 Å². The number of aromatic nitrogens is 2. The van der Waals surface area contributed by atoms with Crippen molar-refractivity contribution in [2.45, 2.75) is 19.5 Å². The predicted molar refractivity (Wildman–Crippen MR) is 139 cm³/mol. The van der Waals surface area contributed by atoms with Crippen molar-refractivity contribution in [1.82, 2.24) is 14.5 Å². The van der Waals surface area contributed by atoms with Crippen LogP contribution in [0.4, 0.5) is 4.39 Å². The molecule has 36 heavy (non-hydrogen) atoms. The minimum Gasteiger partial charge on any atom is -0.351 e. The van der Waals surface area contributed by atoms with Gasteiger partial charge >= 0.3 is 5.69 Å². The number of carbonyl (C=O) groups excluding carboxylic acids is 1. The second-order valence-electron chi connectivity index (χ2n) is 8.32. The van der Waals surface area contributed by atoms with Crippen molar-refractivity contribution in [2.24, 2.45) is 0 Å². The molecule has 0 radical (unpaired) electrons. The molecule has 0 aliphatic heterocycles. The fourth-order valence-electron chi connectivity index (χ4n) is 4.11. The zero-order chi connectivity index (χ0) is 25.1. The van der Waals surface area contributed by atoms with E-state index in [1.165, 1.54) is 10.6 Å². The highest BCUT2D eigenvalue weighted by Crippen LogP contribution is 2.15. The van der Waals surface area contributed by atoms with E-state index in [0.29, 0.717) is 28.7 Å². The lowest BCUT2D eigenvalue weighted by Gasteiger charge is -2.15. The largest absolute Gasteiger partial charge is 0.351 e. The van der Waals surface area contributed by atoms with Crippen molar-refractivity contribution in [3.63, 3.8) is 0 Å². The number of benzene rings is 3. The van der Waals surface area contributed by atoms with Gasteiger partial charge in [0, 0.05) is 10.4 Å². The first-order valence-corrected chi connectivity index (χ1v) is 12.3. The fraction of sp³-hybridized carbons (Fsp3) is 0.107. The third kappa shape index (κ3) is 4.76. The Kier molecular flexibility index (Phi) is 6.60. The van der Waals surface area contributed by atoms with Gasteiger partial charge in [-0.3, -0.25) is 14.2 Å². The lowest BCUT2D eigenvalue weighted by molar-refractivity contribution is -0.120. The minimum atomic E-state index is -0.566. The normalized spacial score (nSPS) is 11.0. The van der Waals surface area contributed by atoms with Gasteiger partial charge in [-0.1, -0.05) is 48.5 Å². The zero-order valence-electron chi connectivity index (χ0n) is 19.2. The van der Waals surface area contributed by atoms with E-state index in [1.807, 2.05) is 17.5 Å². The Hall–Kier alpha value is -4.30. The van der Waals surface area contributed by atoms with E-state index in [9.17, 15) is 18.8 Å². The number of rotatable bonds is 7. The smallest absolute Gasteiger partial charge is 0.336 e. The third-order valence-electron chi connectivity index (χ3n) is 5.94. The first kappa shape index (κ1) is 23.4. The molecule has 0 saturated heterocycles. The summed E-state index contributed by atoms with van der Waals surface area (Å²) in [5.74, 6) is -0.542. The van der Waals surface area contributed by atoms with Gasteiger partial charge in [-0.15, -0.1) is 11.3 Å². The number of fused-ring (bicyclic) bond motifs is 1. The van der Waals surface area contributed by atoms with E-state index >= 15 is 0 Å². The topological polar surface area (TPSA) is 73.1 Å². The molecule has 0 fully saturated rings. The van der Waals surface area contributed by atoms with E-state index in [0.717, 1.165) is 15.0 Å². The molecule has 0 aliphatic rings. The number of amides is 1. The van der Waals surface area contributed by atoms with Crippen LogP contribution in [0.15, 0.2) is 99.9 Å². The Morgan fingerprint density at radius 2 is 1.64 bits per heavy atom. The summed E-state index contributed by atoms with van der Waals surface area (Å²) in [5.41, 5.74) is 0.888. The summed E-state index contributed by atoms with van der Waals surface area (Å²) in [6.07, 6.45) is 0.176. The maximum atomic E-state index is 14.4. The quantitative estimate of drug-likeness (QED) is 0.364. The van der Waals surface area contributed by atoms with Crippen molar-refractivity contribution >= 4 is 28.1 Å². The second kappa shape index (κ2) is 10.1. The van der Waals surface area contributed by atoms with E-state index in [-0.39, 0.29) is 18.9 Å². The number of hydrogen-bond donors (Lipinski definition) is 1. The summed E-state index contributed by atoms with van der Waals surface area (Å²) >= 11 is 1.58. The van der Waals surface area contributed by atoms with E-state index < -0.39 is 17.1 Å². The molecule has 1 amide bonds. The summed E-state index contributed by atoms with van der Waals surface area (Å²) in [6.45, 7) is 0.456. The monoisotopic (exact) mass is 499 g/mol. The summed E-state index contributed by atoms with van der Waals surface area (Å²) in [4.78, 5) is 40.2. The molecular weight excluding hydrogens is 477 g/mol. The van der Waals surface area contributed by atoms with Gasteiger partial charge in [-0.25, -0.2) is 13.8 Å². The van der Waals surface area contributed by atoms with Crippen LogP contribution in [0.1, 0.15) is 16.0 Å². The van der Waals surface area contributed by atoms with Crippen LogP contribution in [0.5, 0.6) is 0 Å². The molecule has 0 spiro atoms. The molecule has 5 rings (SSSR count). The number of hydrogen-bond acceptors (Lipinski definition) is 4. The van der Waals surface area contributed by atoms with Gasteiger partial charge < -0.3 is 5.32 Å². The molecule has 0 aliphatic carbocycles. The lowest BCUT2D eigenvalue weighted by atomic mass is 10.1. The van der Waals surface area contributed by atoms with Crippen LogP contribution in [-0.4, -0.2) is 15.0 Å². The summed E-state index contributed by atoms with van der Waals surface area (Å²) in [7, 11) is 0. The third-order valence-corrected chi connectivity index (χ3v) is 6.81. The molecule has 2 aromatic heterocycles. The molecular formula is C28H22FN3O3S. The van der Waals surface area contributed by atoms with Gasteiger partial charge in [0.05, 0.1) is 36.1 Å². The first-order chi connectivity index (χ1) is 17.5. The number of thiophene rings is 1. The van der Waals surface area contributed by atoms with Gasteiger partial charge in [-0.2, -0.15) is 0 Å². The van der Waals surface area contributed by atoms with Crippen LogP contribution < -0.4 is 16.6 Å². The Bertz CT molecular complexity index is 1650. The lowest BCUT2D eigenvalue weighted by Crippen LogP contribution is -2.39. The van der Waals surface area contributed by atoms with Crippen LogP contribution in [0.2, 0.25) is 0 Å². The predicted octanol–water partition coefficient (Wildman–Crippen LogP) is 4.26. The highest BCUT2D eigenvalue weighted by molar-refractivity contribution is 7.09. The summed E-state index contributed by atoms with van der Waals surface area (Å²) in [6, 6.07) is 23.7. The molecule has 0 unspecified atom stereocenters. The first-order valence-electron chi connectivity index (χ1n) is 11.4. The highest BCUT2D eigenvalue weighted by atomic mass is 32.1. The molecule has 2 heterocycles. The second-order valence-corrected chi connectivity index (χ2v) is 9.35. The zero-order valence-corrected chi connectivity index (χ0v) is 20.0. The Balaban J connectivity index is 1.47. The fourth-order valence-corrected chi connectivity index (χ4v) is 4.75. The van der Waals surface area contributed by atoms with E-state index in [2.05, 4.69) is 5.32 Å². The standard InChI is InChI=1S/C28H22FN3O3S/c29-24-9-3-1-6-20(24)18-31-25-10-4-2-8-23(25)27(34)32(28(31)35)21-13-11-19(12-14-21)16-26(33)30-17-22-7-5-15-36-22/h1-15H,16-18H2,(H,30,33). The van der Waals surface area contributed by atoms with Gasteiger partial charge in [-0.05, 0) is 47.3 Å². The average Bonchev–Trinajstić information content (AvgIpc) is 3.41. The van der Waals surface area contributed by atoms with E-state index in [4.69, 9.17) is 0 Å². The molecule has 5 aromatic rings. The van der Waals surface area contributed by atoms with Crippen LogP contribution in [0, 0.1) is 5.82 Å². The molecule has 0 bridgehead atoms. The average molecular weight is 500 g/mol. The van der Waals surface area contributed by atoms with Crippen molar-refractivity contribution in [3.8, 4) is 5.69 Å². The maximum Gasteiger partial charge on any atom is 0.336 e. The van der Waals surface area contributed by atoms with Crippen LogP contribution in [-0.2, 0) is 24.3 Å². The molecule has 3 aromatic carbocycles. The van der Waals surface area contributed by atoms with Crippen molar-refractivity contribution in [2.75, 3.05) is 0 Å². The Morgan fingerprint density at radius 1 is 0.889 bits per heavy atom. The van der Waals surface area contributed by atoms with Crippen molar-refractivity contribution < 1.29 is 9.18 Å². The maximum absolute atomic E-state index is 14.4. The highest BCUT2D eigenvalue weighted by Gasteiger charge is 2.16. The SMILES string of the molecule is O=C(Cc1ccc(-n2c(=O)c3ccccc3n(Cc3ccccc3F)c2=O)cc1)NCc1cccs1. The number of halogens is 1. The van der Waals surface area contributed by atoms with Crippen molar-refractivity contribution in [1.29, 1.82) is 0 Å². The van der Waals surface area contributed by atoms with Gasteiger partial charge in [0.2, 0.25) is 5.91 Å². The number of nitrogens with one attached hydrogen (secondary N) is 1. The molecule has 0 saturated carbocycles. The summed E-state index contributed by atoms with van der Waals surface area (Å²) in [5, 5.41) is 5.20. The molecule has 8 heteroatoms.